The molecular weight excluding hydrogens is 246 g/mol. The minimum absolute atomic E-state index is 0.115. The molecule has 0 radical (unpaired) electrons. The minimum Gasteiger partial charge on any atom is -0.377 e. The van der Waals surface area contributed by atoms with E-state index in [2.05, 4.69) is 19.2 Å². The molecule has 2 aliphatic rings. The Morgan fingerprint density at radius 3 is 2.35 bits per heavy atom. The van der Waals surface area contributed by atoms with Gasteiger partial charge in [0.15, 0.2) is 0 Å². The summed E-state index contributed by atoms with van der Waals surface area (Å²) in [5, 5.41) is 3.85. The topological polar surface area (TPSA) is 21.3 Å². The van der Waals surface area contributed by atoms with Gasteiger partial charge in [-0.05, 0) is 56.9 Å². The van der Waals surface area contributed by atoms with Crippen LogP contribution in [0.1, 0.15) is 78.1 Å². The van der Waals surface area contributed by atoms with Gasteiger partial charge in [0, 0.05) is 13.2 Å². The average molecular weight is 281 g/mol. The molecule has 0 aromatic rings. The first-order chi connectivity index (χ1) is 9.70. The Morgan fingerprint density at radius 1 is 1.15 bits per heavy atom. The second kappa shape index (κ2) is 7.79. The highest BCUT2D eigenvalue weighted by atomic mass is 16.5. The first-order valence-electron chi connectivity index (χ1n) is 8.98. The molecule has 1 atom stereocenters. The van der Waals surface area contributed by atoms with E-state index in [0.29, 0.717) is 6.04 Å². The zero-order chi connectivity index (χ0) is 14.4. The molecule has 0 saturated heterocycles. The molecule has 2 saturated carbocycles. The fourth-order valence-electron chi connectivity index (χ4n) is 4.33. The molecule has 2 heteroatoms. The van der Waals surface area contributed by atoms with Crippen molar-refractivity contribution in [3.8, 4) is 0 Å². The highest BCUT2D eigenvalue weighted by molar-refractivity contribution is 4.97. The van der Waals surface area contributed by atoms with Gasteiger partial charge in [0.2, 0.25) is 0 Å². The van der Waals surface area contributed by atoms with Crippen LogP contribution in [0, 0.1) is 11.8 Å². The van der Waals surface area contributed by atoms with E-state index in [-0.39, 0.29) is 5.60 Å². The number of nitrogens with one attached hydrogen (secondary N) is 1. The standard InChI is InChI=1S/C18H35NO/c1-4-13-19-17(14-16-7-5-6-8-16)18(20-3)11-9-15(2)10-12-18/h15-17,19H,4-14H2,1-3H3. The van der Waals surface area contributed by atoms with Gasteiger partial charge < -0.3 is 10.1 Å². The summed E-state index contributed by atoms with van der Waals surface area (Å²) in [6, 6.07) is 0.572. The lowest BCUT2D eigenvalue weighted by molar-refractivity contribution is -0.0793. The predicted octanol–water partition coefficient (Wildman–Crippen LogP) is 4.53. The lowest BCUT2D eigenvalue weighted by Gasteiger charge is -2.45. The van der Waals surface area contributed by atoms with Gasteiger partial charge in [-0.2, -0.15) is 0 Å². The maximum absolute atomic E-state index is 6.13. The first-order valence-corrected chi connectivity index (χ1v) is 8.98. The van der Waals surface area contributed by atoms with E-state index < -0.39 is 0 Å². The summed E-state index contributed by atoms with van der Waals surface area (Å²) in [4.78, 5) is 0. The molecule has 2 nitrogen and oxygen atoms in total. The summed E-state index contributed by atoms with van der Waals surface area (Å²) in [5.41, 5.74) is 0.115. The van der Waals surface area contributed by atoms with Crippen molar-refractivity contribution >= 4 is 0 Å². The van der Waals surface area contributed by atoms with Gasteiger partial charge in [-0.1, -0.05) is 39.5 Å². The molecular formula is C18H35NO. The fraction of sp³-hybridized carbons (Fsp3) is 1.00. The molecule has 2 fully saturated rings. The highest BCUT2D eigenvalue weighted by Gasteiger charge is 2.42. The van der Waals surface area contributed by atoms with Crippen molar-refractivity contribution in [2.45, 2.75) is 89.7 Å². The van der Waals surface area contributed by atoms with Crippen molar-refractivity contribution in [2.75, 3.05) is 13.7 Å². The SMILES string of the molecule is CCCNC(CC1CCCC1)C1(OC)CCC(C)CC1. The van der Waals surface area contributed by atoms with Crippen molar-refractivity contribution in [1.82, 2.24) is 5.32 Å². The van der Waals surface area contributed by atoms with Crippen LogP contribution in [-0.4, -0.2) is 25.3 Å². The molecule has 2 rings (SSSR count). The zero-order valence-corrected chi connectivity index (χ0v) is 13.9. The van der Waals surface area contributed by atoms with Crippen LogP contribution in [0.25, 0.3) is 0 Å². The van der Waals surface area contributed by atoms with Crippen LogP contribution in [0.4, 0.5) is 0 Å². The second-order valence-electron chi connectivity index (χ2n) is 7.34. The van der Waals surface area contributed by atoms with E-state index in [4.69, 9.17) is 4.74 Å². The van der Waals surface area contributed by atoms with E-state index in [0.717, 1.165) is 18.4 Å². The van der Waals surface area contributed by atoms with Crippen LogP contribution in [-0.2, 0) is 4.74 Å². The Labute approximate surface area is 126 Å². The first kappa shape index (κ1) is 16.3. The molecule has 0 aliphatic heterocycles. The van der Waals surface area contributed by atoms with Gasteiger partial charge in [0.25, 0.3) is 0 Å². The summed E-state index contributed by atoms with van der Waals surface area (Å²) >= 11 is 0. The van der Waals surface area contributed by atoms with Gasteiger partial charge in [-0.25, -0.2) is 0 Å². The van der Waals surface area contributed by atoms with Gasteiger partial charge in [-0.15, -0.1) is 0 Å². The third-order valence-electron chi connectivity index (χ3n) is 5.85. The smallest absolute Gasteiger partial charge is 0.0831 e. The summed E-state index contributed by atoms with van der Waals surface area (Å²) < 4.78 is 6.13. The van der Waals surface area contributed by atoms with E-state index >= 15 is 0 Å². The fourth-order valence-corrected chi connectivity index (χ4v) is 4.33. The molecule has 0 heterocycles. The summed E-state index contributed by atoms with van der Waals surface area (Å²) in [5.74, 6) is 1.83. The minimum atomic E-state index is 0.115. The van der Waals surface area contributed by atoms with Gasteiger partial charge in [0.1, 0.15) is 0 Å². The molecule has 0 aromatic heterocycles. The monoisotopic (exact) mass is 281 g/mol. The Balaban J connectivity index is 2.01. The predicted molar refractivity (Wildman–Crippen MR) is 86.0 cm³/mol. The molecule has 0 amide bonds. The molecule has 1 unspecified atom stereocenters. The summed E-state index contributed by atoms with van der Waals surface area (Å²) in [7, 11) is 1.95. The van der Waals surface area contributed by atoms with E-state index in [1.165, 1.54) is 64.2 Å². The molecule has 0 bridgehead atoms. The Bertz CT molecular complexity index is 265. The van der Waals surface area contributed by atoms with Crippen molar-refractivity contribution in [3.05, 3.63) is 0 Å². The lowest BCUT2D eigenvalue weighted by Crippen LogP contribution is -2.54. The van der Waals surface area contributed by atoms with E-state index in [9.17, 15) is 0 Å². The van der Waals surface area contributed by atoms with Gasteiger partial charge >= 0.3 is 0 Å². The molecule has 20 heavy (non-hydrogen) atoms. The van der Waals surface area contributed by atoms with Crippen LogP contribution >= 0.6 is 0 Å². The number of methoxy groups -OCH3 is 1. The molecule has 2 aliphatic carbocycles. The summed E-state index contributed by atoms with van der Waals surface area (Å²) in [6.07, 6.45) is 13.5. The van der Waals surface area contributed by atoms with Crippen LogP contribution < -0.4 is 5.32 Å². The van der Waals surface area contributed by atoms with Crippen LogP contribution in [0.5, 0.6) is 0 Å². The number of rotatable bonds is 7. The summed E-state index contributed by atoms with van der Waals surface area (Å²) in [6.45, 7) is 5.80. The third kappa shape index (κ3) is 3.98. The Morgan fingerprint density at radius 2 is 1.80 bits per heavy atom. The van der Waals surface area contributed by atoms with E-state index in [1.807, 2.05) is 7.11 Å². The molecule has 1 N–H and O–H groups in total. The van der Waals surface area contributed by atoms with Gasteiger partial charge in [-0.3, -0.25) is 0 Å². The Hall–Kier alpha value is -0.0800. The normalized spacial score (nSPS) is 33.5. The van der Waals surface area contributed by atoms with Crippen molar-refractivity contribution in [1.29, 1.82) is 0 Å². The highest BCUT2D eigenvalue weighted by Crippen LogP contribution is 2.40. The van der Waals surface area contributed by atoms with Crippen molar-refractivity contribution < 1.29 is 4.74 Å². The van der Waals surface area contributed by atoms with E-state index in [1.54, 1.807) is 0 Å². The van der Waals surface area contributed by atoms with Gasteiger partial charge in [0.05, 0.1) is 5.60 Å². The average Bonchev–Trinajstić information content (AvgIpc) is 2.98. The number of ether oxygens (including phenoxy) is 1. The molecule has 118 valence electrons. The van der Waals surface area contributed by atoms with Crippen molar-refractivity contribution in [2.24, 2.45) is 11.8 Å². The van der Waals surface area contributed by atoms with Crippen LogP contribution in [0.15, 0.2) is 0 Å². The largest absolute Gasteiger partial charge is 0.377 e. The quantitative estimate of drug-likeness (QED) is 0.740. The maximum Gasteiger partial charge on any atom is 0.0831 e. The Kier molecular flexibility index (Phi) is 6.35. The molecule has 0 aromatic carbocycles. The third-order valence-corrected chi connectivity index (χ3v) is 5.85. The van der Waals surface area contributed by atoms with Crippen LogP contribution in [0.2, 0.25) is 0 Å². The second-order valence-corrected chi connectivity index (χ2v) is 7.34. The molecule has 0 spiro atoms. The van der Waals surface area contributed by atoms with Crippen LogP contribution in [0.3, 0.4) is 0 Å². The number of hydrogen-bond donors (Lipinski definition) is 1. The number of hydrogen-bond acceptors (Lipinski definition) is 2. The lowest BCUT2D eigenvalue weighted by atomic mass is 9.73. The maximum atomic E-state index is 6.13. The van der Waals surface area contributed by atoms with Crippen molar-refractivity contribution in [3.63, 3.8) is 0 Å². The zero-order valence-electron chi connectivity index (χ0n) is 13.9.